The highest BCUT2D eigenvalue weighted by molar-refractivity contribution is 6.10. The Balaban J connectivity index is 1.31. The topological polar surface area (TPSA) is 69.7 Å². The summed E-state index contributed by atoms with van der Waals surface area (Å²) in [6, 6.07) is 17.3. The number of carbonyl (C=O) groups is 3. The van der Waals surface area contributed by atoms with Gasteiger partial charge in [0.25, 0.3) is 0 Å². The van der Waals surface area contributed by atoms with Crippen molar-refractivity contribution in [3.63, 3.8) is 0 Å². The minimum absolute atomic E-state index is 0.143. The third kappa shape index (κ3) is 2.91. The van der Waals surface area contributed by atoms with Crippen molar-refractivity contribution in [2.45, 2.75) is 6.42 Å². The lowest BCUT2D eigenvalue weighted by Gasteiger charge is -2.23. The number of para-hydroxylation sites is 3. The molecular weight excluding hydrogens is 378 g/mol. The molecule has 6 nitrogen and oxygen atoms in total. The molecule has 152 valence electrons. The minimum atomic E-state index is -0.370. The van der Waals surface area contributed by atoms with Crippen molar-refractivity contribution in [1.29, 1.82) is 0 Å². The molecule has 6 heteroatoms. The Morgan fingerprint density at radius 1 is 0.967 bits per heavy atom. The normalized spacial score (nSPS) is 26.2. The summed E-state index contributed by atoms with van der Waals surface area (Å²) in [4.78, 5) is 41.5. The van der Waals surface area contributed by atoms with Gasteiger partial charge in [0.1, 0.15) is 6.54 Å². The Morgan fingerprint density at radius 3 is 2.23 bits per heavy atom. The van der Waals surface area contributed by atoms with Gasteiger partial charge in [-0.3, -0.25) is 19.3 Å². The van der Waals surface area contributed by atoms with Gasteiger partial charge >= 0.3 is 0 Å². The standard InChI is InChI=1S/C24H23N3O3/c1-26(17-7-3-2-4-8-17)19-10-6-5-9-18(19)25-20(28)14-27-23(29)21-15-11-12-16(13-15)22(21)24(27)30/h2-12,15-16,21-22H,13-14H2,1H3,(H,25,28). The van der Waals surface area contributed by atoms with Gasteiger partial charge < -0.3 is 10.2 Å². The summed E-state index contributed by atoms with van der Waals surface area (Å²) in [5, 5.41) is 2.89. The second-order valence-corrected chi connectivity index (χ2v) is 8.22. The van der Waals surface area contributed by atoms with Crippen molar-refractivity contribution in [3.8, 4) is 0 Å². The van der Waals surface area contributed by atoms with Gasteiger partial charge in [0, 0.05) is 12.7 Å². The van der Waals surface area contributed by atoms with Crippen molar-refractivity contribution < 1.29 is 14.4 Å². The highest BCUT2D eigenvalue weighted by atomic mass is 16.2. The molecule has 4 atom stereocenters. The van der Waals surface area contributed by atoms with Crippen LogP contribution in [0.2, 0.25) is 0 Å². The number of anilines is 3. The van der Waals surface area contributed by atoms with Gasteiger partial charge in [0.15, 0.2) is 0 Å². The first kappa shape index (κ1) is 18.6. The van der Waals surface area contributed by atoms with Crippen LogP contribution in [-0.4, -0.2) is 36.2 Å². The lowest BCUT2D eigenvalue weighted by Crippen LogP contribution is -2.39. The van der Waals surface area contributed by atoms with Crippen LogP contribution in [0.3, 0.4) is 0 Å². The number of benzene rings is 2. The molecule has 2 aliphatic carbocycles. The SMILES string of the molecule is CN(c1ccccc1)c1ccccc1NC(=O)CN1C(=O)C2C3C=CC(C3)C2C1=O. The van der Waals surface area contributed by atoms with Gasteiger partial charge in [0.2, 0.25) is 17.7 Å². The Kier molecular flexibility index (Phi) is 4.42. The van der Waals surface area contributed by atoms with E-state index >= 15 is 0 Å². The number of fused-ring (bicyclic) bond motifs is 5. The van der Waals surface area contributed by atoms with E-state index in [-0.39, 0.29) is 47.9 Å². The van der Waals surface area contributed by atoms with Crippen molar-refractivity contribution >= 4 is 34.8 Å². The Bertz CT molecular complexity index is 1020. The Morgan fingerprint density at radius 2 is 1.57 bits per heavy atom. The molecule has 2 aromatic carbocycles. The van der Waals surface area contributed by atoms with E-state index < -0.39 is 0 Å². The zero-order chi connectivity index (χ0) is 20.8. The first-order valence-corrected chi connectivity index (χ1v) is 10.3. The molecule has 1 saturated carbocycles. The molecule has 0 aromatic heterocycles. The number of amides is 3. The minimum Gasteiger partial charge on any atom is -0.343 e. The number of hydrogen-bond donors (Lipinski definition) is 1. The van der Waals surface area contributed by atoms with Crippen LogP contribution in [0.15, 0.2) is 66.7 Å². The lowest BCUT2D eigenvalue weighted by atomic mass is 9.85. The molecule has 4 unspecified atom stereocenters. The zero-order valence-corrected chi connectivity index (χ0v) is 16.7. The predicted octanol–water partition coefficient (Wildman–Crippen LogP) is 3.20. The molecule has 1 N–H and O–H groups in total. The Hall–Kier alpha value is -3.41. The van der Waals surface area contributed by atoms with Crippen LogP contribution < -0.4 is 10.2 Å². The van der Waals surface area contributed by atoms with Crippen LogP contribution in [0.5, 0.6) is 0 Å². The van der Waals surface area contributed by atoms with Gasteiger partial charge in [-0.1, -0.05) is 42.5 Å². The van der Waals surface area contributed by atoms with Crippen molar-refractivity contribution in [3.05, 3.63) is 66.7 Å². The highest BCUT2D eigenvalue weighted by Crippen LogP contribution is 2.52. The van der Waals surface area contributed by atoms with Crippen LogP contribution in [0.25, 0.3) is 0 Å². The maximum Gasteiger partial charge on any atom is 0.244 e. The van der Waals surface area contributed by atoms with Crippen LogP contribution in [0.4, 0.5) is 17.1 Å². The molecule has 2 bridgehead atoms. The van der Waals surface area contributed by atoms with Gasteiger partial charge in [-0.15, -0.1) is 0 Å². The van der Waals surface area contributed by atoms with Crippen LogP contribution in [-0.2, 0) is 14.4 Å². The summed E-state index contributed by atoms with van der Waals surface area (Å²) in [7, 11) is 1.93. The fourth-order valence-corrected chi connectivity index (χ4v) is 5.12. The smallest absolute Gasteiger partial charge is 0.244 e. The van der Waals surface area contributed by atoms with E-state index in [9.17, 15) is 14.4 Å². The van der Waals surface area contributed by atoms with E-state index in [1.54, 1.807) is 0 Å². The average Bonchev–Trinajstić information content (AvgIpc) is 3.44. The summed E-state index contributed by atoms with van der Waals surface area (Å²) in [5.74, 6) is -1.05. The first-order valence-electron chi connectivity index (χ1n) is 10.3. The molecule has 0 radical (unpaired) electrons. The molecule has 1 saturated heterocycles. The van der Waals surface area contributed by atoms with Crippen LogP contribution >= 0.6 is 0 Å². The lowest BCUT2D eigenvalue weighted by molar-refractivity contribution is -0.143. The predicted molar refractivity (Wildman–Crippen MR) is 114 cm³/mol. The summed E-state index contributed by atoms with van der Waals surface area (Å²) in [6.45, 7) is -0.243. The van der Waals surface area contributed by atoms with Gasteiger partial charge in [0.05, 0.1) is 23.2 Å². The zero-order valence-electron chi connectivity index (χ0n) is 16.7. The second kappa shape index (κ2) is 7.13. The third-order valence-electron chi connectivity index (χ3n) is 6.55. The maximum atomic E-state index is 12.8. The number of nitrogens with one attached hydrogen (secondary N) is 1. The van der Waals surface area contributed by atoms with Gasteiger partial charge in [-0.25, -0.2) is 0 Å². The summed E-state index contributed by atoms with van der Waals surface area (Å²) < 4.78 is 0. The van der Waals surface area contributed by atoms with E-state index in [0.29, 0.717) is 5.69 Å². The third-order valence-corrected chi connectivity index (χ3v) is 6.55. The fraction of sp³-hybridized carbons (Fsp3) is 0.292. The number of hydrogen-bond acceptors (Lipinski definition) is 4. The number of nitrogens with zero attached hydrogens (tertiary/aromatic N) is 2. The van der Waals surface area contributed by atoms with Gasteiger partial charge in [-0.2, -0.15) is 0 Å². The molecule has 30 heavy (non-hydrogen) atoms. The fourth-order valence-electron chi connectivity index (χ4n) is 5.12. The molecule has 0 spiro atoms. The molecule has 3 aliphatic rings. The van der Waals surface area contributed by atoms with E-state index in [0.717, 1.165) is 22.7 Å². The van der Waals surface area contributed by atoms with Crippen molar-refractivity contribution in [1.82, 2.24) is 4.90 Å². The van der Waals surface area contributed by atoms with Crippen LogP contribution in [0, 0.1) is 23.7 Å². The number of rotatable bonds is 5. The van der Waals surface area contributed by atoms with E-state index in [2.05, 4.69) is 17.5 Å². The number of carbonyl (C=O) groups excluding carboxylic acids is 3. The first-order chi connectivity index (χ1) is 14.5. The number of likely N-dealkylation sites (tertiary alicyclic amines) is 1. The molecule has 2 aromatic rings. The van der Waals surface area contributed by atoms with Crippen molar-refractivity contribution in [2.75, 3.05) is 23.8 Å². The molecule has 3 amide bonds. The Labute approximate surface area is 175 Å². The number of allylic oxidation sites excluding steroid dienone is 2. The quantitative estimate of drug-likeness (QED) is 0.617. The van der Waals surface area contributed by atoms with Crippen LogP contribution in [0.1, 0.15) is 6.42 Å². The summed E-state index contributed by atoms with van der Waals surface area (Å²) >= 11 is 0. The molecule has 1 heterocycles. The number of imide groups is 1. The maximum absolute atomic E-state index is 12.8. The van der Waals surface area contributed by atoms with E-state index in [1.807, 2.05) is 66.5 Å². The summed E-state index contributed by atoms with van der Waals surface area (Å²) in [6.07, 6.45) is 4.98. The average molecular weight is 401 g/mol. The monoisotopic (exact) mass is 401 g/mol. The van der Waals surface area contributed by atoms with Crippen molar-refractivity contribution in [2.24, 2.45) is 23.7 Å². The molecule has 2 fully saturated rings. The highest BCUT2D eigenvalue weighted by Gasteiger charge is 2.59. The van der Waals surface area contributed by atoms with E-state index in [1.165, 1.54) is 0 Å². The van der Waals surface area contributed by atoms with E-state index in [4.69, 9.17) is 0 Å². The molecule has 5 rings (SSSR count). The molecular formula is C24H23N3O3. The van der Waals surface area contributed by atoms with Gasteiger partial charge in [-0.05, 0) is 42.5 Å². The largest absolute Gasteiger partial charge is 0.343 e. The molecule has 1 aliphatic heterocycles. The summed E-state index contributed by atoms with van der Waals surface area (Å²) in [5.41, 5.74) is 2.45. The second-order valence-electron chi connectivity index (χ2n) is 8.22.